The minimum Gasteiger partial charge on any atom is -0.481 e. The van der Waals surface area contributed by atoms with Crippen molar-refractivity contribution in [3.8, 4) is 5.75 Å². The first-order chi connectivity index (χ1) is 9.22. The van der Waals surface area contributed by atoms with Crippen LogP contribution in [-0.4, -0.2) is 29.6 Å². The van der Waals surface area contributed by atoms with Crippen LogP contribution in [0.3, 0.4) is 0 Å². The van der Waals surface area contributed by atoms with Gasteiger partial charge in [-0.15, -0.1) is 0 Å². The van der Waals surface area contributed by atoms with Gasteiger partial charge in [-0.25, -0.2) is 4.39 Å². The van der Waals surface area contributed by atoms with Gasteiger partial charge in [0.1, 0.15) is 11.6 Å². The van der Waals surface area contributed by atoms with Crippen molar-refractivity contribution >= 4 is 11.9 Å². The first-order valence-corrected chi connectivity index (χ1v) is 6.16. The highest BCUT2D eigenvalue weighted by Gasteiger charge is 2.28. The number of ether oxygens (including phenoxy) is 1. The zero-order valence-electron chi connectivity index (χ0n) is 11.6. The van der Waals surface area contributed by atoms with E-state index in [1.54, 1.807) is 0 Å². The maximum absolute atomic E-state index is 13.0. The second-order valence-electron chi connectivity index (χ2n) is 5.12. The fraction of sp³-hybridized carbons (Fsp3) is 0.429. The van der Waals surface area contributed by atoms with Crippen molar-refractivity contribution in [2.45, 2.75) is 26.9 Å². The Morgan fingerprint density at radius 2 is 2.10 bits per heavy atom. The van der Waals surface area contributed by atoms with Crippen LogP contribution < -0.4 is 10.1 Å². The normalized spacial score (nSPS) is 12.6. The molecule has 6 heteroatoms. The lowest BCUT2D eigenvalue weighted by Gasteiger charge is -2.21. The maximum atomic E-state index is 13.0. The van der Waals surface area contributed by atoms with Gasteiger partial charge in [0.2, 0.25) is 0 Å². The van der Waals surface area contributed by atoms with Crippen LogP contribution in [0.15, 0.2) is 24.3 Å². The van der Waals surface area contributed by atoms with Crippen LogP contribution in [0.4, 0.5) is 4.39 Å². The topological polar surface area (TPSA) is 75.6 Å². The molecule has 1 aromatic rings. The molecule has 1 amide bonds. The summed E-state index contributed by atoms with van der Waals surface area (Å²) in [7, 11) is 0. The number of carboxylic acids is 1. The standard InChI is InChI=1S/C14H18FNO4/c1-9(20-11-6-4-5-10(15)7-11)12(17)16-8-14(2,3)13(18)19/h4-7,9H,8H2,1-3H3,(H,16,17)(H,18,19). The molecule has 1 aromatic carbocycles. The number of amides is 1. The minimum atomic E-state index is -1.06. The van der Waals surface area contributed by atoms with Gasteiger partial charge < -0.3 is 15.2 Å². The molecule has 110 valence electrons. The largest absolute Gasteiger partial charge is 0.481 e. The van der Waals surface area contributed by atoms with E-state index in [1.807, 2.05) is 0 Å². The van der Waals surface area contributed by atoms with Crippen molar-refractivity contribution in [3.05, 3.63) is 30.1 Å². The van der Waals surface area contributed by atoms with E-state index in [9.17, 15) is 14.0 Å². The average Bonchev–Trinajstić information content (AvgIpc) is 2.35. The van der Waals surface area contributed by atoms with E-state index in [4.69, 9.17) is 9.84 Å². The monoisotopic (exact) mass is 283 g/mol. The first-order valence-electron chi connectivity index (χ1n) is 6.16. The van der Waals surface area contributed by atoms with Crippen LogP contribution in [0.2, 0.25) is 0 Å². The van der Waals surface area contributed by atoms with Crippen LogP contribution in [0.25, 0.3) is 0 Å². The van der Waals surface area contributed by atoms with Crippen LogP contribution in [-0.2, 0) is 9.59 Å². The number of hydrogen-bond donors (Lipinski definition) is 2. The number of hydrogen-bond acceptors (Lipinski definition) is 3. The van der Waals surface area contributed by atoms with E-state index in [-0.39, 0.29) is 12.3 Å². The predicted octanol–water partition coefficient (Wildman–Crippen LogP) is 1.82. The molecule has 0 aliphatic carbocycles. The molecule has 0 aliphatic heterocycles. The molecule has 5 nitrogen and oxygen atoms in total. The SMILES string of the molecule is CC(Oc1cccc(F)c1)C(=O)NCC(C)(C)C(=O)O. The van der Waals surface area contributed by atoms with Gasteiger partial charge in [-0.1, -0.05) is 6.07 Å². The molecular weight excluding hydrogens is 265 g/mol. The Kier molecular flexibility index (Phi) is 5.07. The summed E-state index contributed by atoms with van der Waals surface area (Å²) in [5.41, 5.74) is -1.06. The fourth-order valence-electron chi connectivity index (χ4n) is 1.33. The van der Waals surface area contributed by atoms with Crippen molar-refractivity contribution in [2.75, 3.05) is 6.54 Å². The Morgan fingerprint density at radius 3 is 2.65 bits per heavy atom. The van der Waals surface area contributed by atoms with E-state index in [0.29, 0.717) is 0 Å². The molecule has 0 spiro atoms. The third-order valence-corrected chi connectivity index (χ3v) is 2.76. The number of carbonyl (C=O) groups is 2. The summed E-state index contributed by atoms with van der Waals surface area (Å²) in [6.07, 6.45) is -0.846. The van der Waals surface area contributed by atoms with Crippen LogP contribution in [0.1, 0.15) is 20.8 Å². The van der Waals surface area contributed by atoms with Gasteiger partial charge in [0.25, 0.3) is 5.91 Å². The summed E-state index contributed by atoms with van der Waals surface area (Å²) >= 11 is 0. The number of benzene rings is 1. The van der Waals surface area contributed by atoms with Crippen molar-refractivity contribution in [3.63, 3.8) is 0 Å². The average molecular weight is 283 g/mol. The Labute approximate surface area is 116 Å². The zero-order valence-corrected chi connectivity index (χ0v) is 11.6. The Balaban J connectivity index is 2.54. The molecule has 0 heterocycles. The molecule has 20 heavy (non-hydrogen) atoms. The van der Waals surface area contributed by atoms with E-state index in [2.05, 4.69) is 5.32 Å². The molecular formula is C14H18FNO4. The lowest BCUT2D eigenvalue weighted by atomic mass is 9.94. The molecule has 1 rings (SSSR count). The van der Waals surface area contributed by atoms with E-state index >= 15 is 0 Å². The molecule has 0 saturated carbocycles. The van der Waals surface area contributed by atoms with E-state index < -0.39 is 29.2 Å². The molecule has 1 atom stereocenters. The first kappa shape index (κ1) is 15.9. The van der Waals surface area contributed by atoms with Gasteiger partial charge in [0, 0.05) is 12.6 Å². The van der Waals surface area contributed by atoms with Crippen molar-refractivity contribution in [1.82, 2.24) is 5.32 Å². The summed E-state index contributed by atoms with van der Waals surface area (Å²) in [5.74, 6) is -1.67. The van der Waals surface area contributed by atoms with Crippen LogP contribution in [0, 0.1) is 11.2 Å². The number of halogens is 1. The Bertz CT molecular complexity index is 502. The molecule has 1 unspecified atom stereocenters. The van der Waals surface area contributed by atoms with Gasteiger partial charge in [-0.2, -0.15) is 0 Å². The summed E-state index contributed by atoms with van der Waals surface area (Å²) < 4.78 is 18.2. The third-order valence-electron chi connectivity index (χ3n) is 2.76. The van der Waals surface area contributed by atoms with Crippen LogP contribution >= 0.6 is 0 Å². The highest BCUT2D eigenvalue weighted by molar-refractivity contribution is 5.82. The van der Waals surface area contributed by atoms with Gasteiger partial charge in [-0.05, 0) is 32.9 Å². The second-order valence-corrected chi connectivity index (χ2v) is 5.12. The predicted molar refractivity (Wildman–Crippen MR) is 70.9 cm³/mol. The quantitative estimate of drug-likeness (QED) is 0.835. The third kappa shape index (κ3) is 4.53. The number of nitrogens with one attached hydrogen (secondary N) is 1. The van der Waals surface area contributed by atoms with Crippen molar-refractivity contribution < 1.29 is 23.8 Å². The van der Waals surface area contributed by atoms with Gasteiger partial charge in [-0.3, -0.25) is 9.59 Å². The van der Waals surface area contributed by atoms with Gasteiger partial charge >= 0.3 is 5.97 Å². The summed E-state index contributed by atoms with van der Waals surface area (Å²) in [5, 5.41) is 11.4. The maximum Gasteiger partial charge on any atom is 0.310 e. The number of carboxylic acid groups (broad SMARTS) is 1. The van der Waals surface area contributed by atoms with E-state index in [0.717, 1.165) is 0 Å². The number of aliphatic carboxylic acids is 1. The minimum absolute atomic E-state index is 0.0159. The van der Waals surface area contributed by atoms with E-state index in [1.165, 1.54) is 45.0 Å². The van der Waals surface area contributed by atoms with Gasteiger partial charge in [0.15, 0.2) is 6.10 Å². The molecule has 0 bridgehead atoms. The van der Waals surface area contributed by atoms with Crippen molar-refractivity contribution in [2.24, 2.45) is 5.41 Å². The van der Waals surface area contributed by atoms with Crippen LogP contribution in [0.5, 0.6) is 5.75 Å². The zero-order chi connectivity index (χ0) is 15.3. The lowest BCUT2D eigenvalue weighted by molar-refractivity contribution is -0.147. The molecule has 0 fully saturated rings. The Hall–Kier alpha value is -2.11. The molecule has 2 N–H and O–H groups in total. The number of rotatable bonds is 6. The highest BCUT2D eigenvalue weighted by Crippen LogP contribution is 2.15. The highest BCUT2D eigenvalue weighted by atomic mass is 19.1. The molecule has 0 radical (unpaired) electrons. The fourth-order valence-corrected chi connectivity index (χ4v) is 1.33. The van der Waals surface area contributed by atoms with Crippen molar-refractivity contribution in [1.29, 1.82) is 0 Å². The molecule has 0 aliphatic rings. The second kappa shape index (κ2) is 6.36. The molecule has 0 aromatic heterocycles. The lowest BCUT2D eigenvalue weighted by Crippen LogP contribution is -2.43. The molecule has 0 saturated heterocycles. The number of carbonyl (C=O) groups excluding carboxylic acids is 1. The summed E-state index contributed by atoms with van der Waals surface area (Å²) in [6.45, 7) is 4.51. The Morgan fingerprint density at radius 1 is 1.45 bits per heavy atom. The summed E-state index contributed by atoms with van der Waals surface area (Å²) in [6, 6.07) is 5.45. The summed E-state index contributed by atoms with van der Waals surface area (Å²) in [4.78, 5) is 22.7. The van der Waals surface area contributed by atoms with Gasteiger partial charge in [0.05, 0.1) is 5.41 Å². The smallest absolute Gasteiger partial charge is 0.310 e.